The van der Waals surface area contributed by atoms with Gasteiger partial charge in [-0.25, -0.2) is 4.98 Å². The minimum absolute atomic E-state index is 0.931. The van der Waals surface area contributed by atoms with E-state index in [2.05, 4.69) is 187 Å². The molecule has 0 aliphatic rings. The molecule has 0 aliphatic carbocycles. The first-order chi connectivity index (χ1) is 26.3. The molecule has 244 valence electrons. The largest absolute Gasteiger partial charge is 0.298 e. The third-order valence-corrected chi connectivity index (χ3v) is 11.5. The van der Waals surface area contributed by atoms with Gasteiger partial charge in [-0.2, -0.15) is 0 Å². The summed E-state index contributed by atoms with van der Waals surface area (Å²) in [6.45, 7) is 0. The van der Waals surface area contributed by atoms with Crippen molar-refractivity contribution in [2.75, 3.05) is 0 Å². The Bertz CT molecular complexity index is 3440. The van der Waals surface area contributed by atoms with Gasteiger partial charge < -0.3 is 0 Å². The Labute approximate surface area is 305 Å². The lowest BCUT2D eigenvalue weighted by Gasteiger charge is -2.16. The smallest absolute Gasteiger partial charge is 0.137 e. The second-order valence-electron chi connectivity index (χ2n) is 14.3. The van der Waals surface area contributed by atoms with E-state index in [4.69, 9.17) is 4.98 Å². The van der Waals surface area contributed by atoms with Gasteiger partial charge in [0.2, 0.25) is 0 Å². The van der Waals surface area contributed by atoms with Gasteiger partial charge in [0.05, 0.1) is 11.0 Å². The molecule has 10 aromatic carbocycles. The summed E-state index contributed by atoms with van der Waals surface area (Å²) in [5.41, 5.74) is 10.2. The molecule has 12 aromatic rings. The molecule has 0 spiro atoms. The third-order valence-electron chi connectivity index (χ3n) is 11.5. The Morgan fingerprint density at radius 1 is 0.358 bits per heavy atom. The molecule has 0 saturated heterocycles. The van der Waals surface area contributed by atoms with E-state index in [1.54, 1.807) is 0 Å². The van der Waals surface area contributed by atoms with E-state index in [0.717, 1.165) is 16.7 Å². The standard InChI is InChI=1S/C51H30N2/c1-3-10-36-28-38(20-16-31(36)8-1)48-42-14-5-6-15-43(42)49(39-21-17-32-9-2-4-11-37(32)29-39)51-50(48)52-45-27-24-40(30-53(45)51)41-25-22-35-19-18-33-12-7-13-34-23-26-44(41)47(35)46(33)34/h1-30H. The zero-order valence-corrected chi connectivity index (χ0v) is 28.7. The summed E-state index contributed by atoms with van der Waals surface area (Å²) in [7, 11) is 0. The van der Waals surface area contributed by atoms with Crippen molar-refractivity contribution in [3.63, 3.8) is 0 Å². The topological polar surface area (TPSA) is 17.3 Å². The second kappa shape index (κ2) is 10.7. The van der Waals surface area contributed by atoms with E-state index in [1.807, 2.05) is 0 Å². The molecule has 0 N–H and O–H groups in total. The summed E-state index contributed by atoms with van der Waals surface area (Å²) in [6.07, 6.45) is 2.32. The molecule has 0 bridgehead atoms. The number of imidazole rings is 1. The fraction of sp³-hybridized carbons (Fsp3) is 0. The Morgan fingerprint density at radius 3 is 1.60 bits per heavy atom. The van der Waals surface area contributed by atoms with Crippen LogP contribution in [0.5, 0.6) is 0 Å². The van der Waals surface area contributed by atoms with Gasteiger partial charge in [-0.3, -0.25) is 4.40 Å². The Hall–Kier alpha value is -7.03. The number of fused-ring (bicyclic) bond motifs is 6. The number of hydrogen-bond donors (Lipinski definition) is 0. The first-order valence-electron chi connectivity index (χ1n) is 18.3. The van der Waals surface area contributed by atoms with Crippen molar-refractivity contribution in [3.05, 3.63) is 182 Å². The summed E-state index contributed by atoms with van der Waals surface area (Å²) >= 11 is 0. The number of rotatable bonds is 3. The quantitative estimate of drug-likeness (QED) is 0.171. The fourth-order valence-corrected chi connectivity index (χ4v) is 9.05. The number of hydrogen-bond acceptors (Lipinski definition) is 1. The Kier molecular flexibility index (Phi) is 5.80. The van der Waals surface area contributed by atoms with Crippen LogP contribution in [0.3, 0.4) is 0 Å². The van der Waals surface area contributed by atoms with Gasteiger partial charge >= 0.3 is 0 Å². The lowest BCUT2D eigenvalue weighted by Crippen LogP contribution is -1.94. The summed E-state index contributed by atoms with van der Waals surface area (Å²) in [6, 6.07) is 64.6. The molecule has 2 heteroatoms. The molecule has 0 unspecified atom stereocenters. The van der Waals surface area contributed by atoms with E-state index < -0.39 is 0 Å². The van der Waals surface area contributed by atoms with Gasteiger partial charge in [-0.15, -0.1) is 0 Å². The monoisotopic (exact) mass is 670 g/mol. The molecule has 12 rings (SSSR count). The molecule has 0 amide bonds. The van der Waals surface area contributed by atoms with E-state index in [1.165, 1.54) is 98.0 Å². The maximum Gasteiger partial charge on any atom is 0.137 e. The van der Waals surface area contributed by atoms with Crippen molar-refractivity contribution in [3.8, 4) is 33.4 Å². The van der Waals surface area contributed by atoms with Crippen LogP contribution in [0.15, 0.2) is 182 Å². The van der Waals surface area contributed by atoms with Crippen LogP contribution in [0.25, 0.3) is 115 Å². The zero-order chi connectivity index (χ0) is 34.6. The van der Waals surface area contributed by atoms with Crippen LogP contribution in [0.4, 0.5) is 0 Å². The molecule has 2 heterocycles. The highest BCUT2D eigenvalue weighted by atomic mass is 15.0. The molecule has 2 aromatic heterocycles. The highest BCUT2D eigenvalue weighted by Crippen LogP contribution is 2.46. The van der Waals surface area contributed by atoms with Gasteiger partial charge in [-0.1, -0.05) is 152 Å². The average molecular weight is 671 g/mol. The summed E-state index contributed by atoms with van der Waals surface area (Å²) in [5, 5.41) is 15.1. The van der Waals surface area contributed by atoms with Crippen LogP contribution in [-0.2, 0) is 0 Å². The van der Waals surface area contributed by atoms with E-state index >= 15 is 0 Å². The van der Waals surface area contributed by atoms with Crippen molar-refractivity contribution < 1.29 is 0 Å². The molecule has 53 heavy (non-hydrogen) atoms. The SMILES string of the molecule is c1ccc2cc(-c3c4ccccc4c(-c4ccc5ccccc5c4)c4c3nc3ccc(-c5ccc6ccc7cccc8ccc5c6c78)cn34)ccc2c1. The molecule has 2 nitrogen and oxygen atoms in total. The molecule has 0 aliphatic heterocycles. The van der Waals surface area contributed by atoms with Gasteiger partial charge in [0.1, 0.15) is 5.65 Å². The van der Waals surface area contributed by atoms with Gasteiger partial charge in [0, 0.05) is 17.3 Å². The van der Waals surface area contributed by atoms with E-state index in [0.29, 0.717) is 0 Å². The van der Waals surface area contributed by atoms with Crippen molar-refractivity contribution in [1.82, 2.24) is 9.38 Å². The Balaban J connectivity index is 1.21. The van der Waals surface area contributed by atoms with Crippen molar-refractivity contribution in [2.45, 2.75) is 0 Å². The molecular formula is C51H30N2. The van der Waals surface area contributed by atoms with Crippen molar-refractivity contribution in [2.24, 2.45) is 0 Å². The van der Waals surface area contributed by atoms with Gasteiger partial charge in [0.15, 0.2) is 0 Å². The second-order valence-corrected chi connectivity index (χ2v) is 14.3. The third kappa shape index (κ3) is 4.12. The predicted octanol–water partition coefficient (Wildman–Crippen LogP) is 13.8. The number of nitrogens with zero attached hydrogens (tertiary/aromatic N) is 2. The van der Waals surface area contributed by atoms with Crippen molar-refractivity contribution in [1.29, 1.82) is 0 Å². The van der Waals surface area contributed by atoms with Crippen LogP contribution in [0.2, 0.25) is 0 Å². The van der Waals surface area contributed by atoms with Gasteiger partial charge in [-0.05, 0) is 111 Å². The number of pyridine rings is 1. The van der Waals surface area contributed by atoms with E-state index in [9.17, 15) is 0 Å². The first-order valence-corrected chi connectivity index (χ1v) is 18.3. The Morgan fingerprint density at radius 2 is 0.887 bits per heavy atom. The normalized spacial score (nSPS) is 12.2. The number of aromatic nitrogens is 2. The van der Waals surface area contributed by atoms with E-state index in [-0.39, 0.29) is 0 Å². The predicted molar refractivity (Wildman–Crippen MR) is 225 cm³/mol. The fourth-order valence-electron chi connectivity index (χ4n) is 9.05. The maximum absolute atomic E-state index is 5.50. The van der Waals surface area contributed by atoms with Crippen LogP contribution >= 0.6 is 0 Å². The molecule has 0 radical (unpaired) electrons. The molecule has 0 fully saturated rings. The van der Waals surface area contributed by atoms with Gasteiger partial charge in [0.25, 0.3) is 0 Å². The highest BCUT2D eigenvalue weighted by Gasteiger charge is 2.22. The maximum atomic E-state index is 5.50. The lowest BCUT2D eigenvalue weighted by atomic mass is 9.89. The molecular weight excluding hydrogens is 641 g/mol. The number of benzene rings is 10. The van der Waals surface area contributed by atoms with Crippen LogP contribution in [0.1, 0.15) is 0 Å². The van der Waals surface area contributed by atoms with Crippen LogP contribution in [0, 0.1) is 0 Å². The van der Waals surface area contributed by atoms with Crippen molar-refractivity contribution >= 4 is 81.3 Å². The minimum atomic E-state index is 0.931. The summed E-state index contributed by atoms with van der Waals surface area (Å²) < 4.78 is 2.35. The average Bonchev–Trinajstić information content (AvgIpc) is 3.59. The first kappa shape index (κ1) is 28.6. The van der Waals surface area contributed by atoms with Crippen LogP contribution in [-0.4, -0.2) is 9.38 Å². The zero-order valence-electron chi connectivity index (χ0n) is 28.7. The van der Waals surface area contributed by atoms with Crippen LogP contribution < -0.4 is 0 Å². The minimum Gasteiger partial charge on any atom is -0.298 e. The lowest BCUT2D eigenvalue weighted by molar-refractivity contribution is 1.23. The summed E-state index contributed by atoms with van der Waals surface area (Å²) in [5.74, 6) is 0. The summed E-state index contributed by atoms with van der Waals surface area (Å²) in [4.78, 5) is 5.50. The molecule has 0 atom stereocenters. The molecule has 0 saturated carbocycles. The highest BCUT2D eigenvalue weighted by molar-refractivity contribution is 6.26.